The van der Waals surface area contributed by atoms with Crippen molar-refractivity contribution in [3.8, 4) is 11.5 Å². The van der Waals surface area contributed by atoms with Crippen molar-refractivity contribution in [1.82, 2.24) is 5.32 Å². The summed E-state index contributed by atoms with van der Waals surface area (Å²) in [5, 5.41) is 2.99. The highest BCUT2D eigenvalue weighted by atomic mass is 16.5. The van der Waals surface area contributed by atoms with Crippen molar-refractivity contribution in [2.45, 2.75) is 39.2 Å². The lowest BCUT2D eigenvalue weighted by molar-refractivity contribution is -0.144. The van der Waals surface area contributed by atoms with Gasteiger partial charge in [-0.25, -0.2) is 4.79 Å². The van der Waals surface area contributed by atoms with Crippen LogP contribution in [0, 0.1) is 11.8 Å². The van der Waals surface area contributed by atoms with Gasteiger partial charge < -0.3 is 19.5 Å². The number of methoxy groups -OCH3 is 2. The Hall–Kier alpha value is -2.50. The third-order valence-electron chi connectivity index (χ3n) is 5.22. The van der Waals surface area contributed by atoms with Gasteiger partial charge in [0.2, 0.25) is 0 Å². The molecular weight excluding hydrogens is 346 g/mol. The Morgan fingerprint density at radius 1 is 1.15 bits per heavy atom. The Morgan fingerprint density at radius 3 is 2.59 bits per heavy atom. The lowest BCUT2D eigenvalue weighted by Crippen LogP contribution is -2.45. The van der Waals surface area contributed by atoms with E-state index in [4.69, 9.17) is 14.2 Å². The molecule has 1 aliphatic carbocycles. The van der Waals surface area contributed by atoms with Crippen molar-refractivity contribution in [3.05, 3.63) is 29.8 Å². The molecule has 6 nitrogen and oxygen atoms in total. The molecule has 1 aromatic carbocycles. The number of hydrogen-bond acceptors (Lipinski definition) is 5. The summed E-state index contributed by atoms with van der Waals surface area (Å²) < 4.78 is 15.4. The van der Waals surface area contributed by atoms with Gasteiger partial charge in [-0.3, -0.25) is 4.79 Å². The van der Waals surface area contributed by atoms with Crippen LogP contribution in [0.1, 0.15) is 38.7 Å². The van der Waals surface area contributed by atoms with E-state index in [1.54, 1.807) is 38.5 Å². The molecular formula is C21H29NO5. The molecule has 1 saturated carbocycles. The van der Waals surface area contributed by atoms with E-state index in [1.165, 1.54) is 12.5 Å². The van der Waals surface area contributed by atoms with Crippen molar-refractivity contribution in [1.29, 1.82) is 0 Å². The van der Waals surface area contributed by atoms with Crippen LogP contribution in [0.3, 0.4) is 0 Å². The third-order valence-corrected chi connectivity index (χ3v) is 5.22. The SMILES string of the molecule is COc1ccc(/C=C/C(=O)OCC(=O)N[C@H]2CCC[C@H](C)[C@@H]2C)cc1OC. The van der Waals surface area contributed by atoms with E-state index in [-0.39, 0.29) is 18.6 Å². The summed E-state index contributed by atoms with van der Waals surface area (Å²) in [5.74, 6) is 1.39. The summed E-state index contributed by atoms with van der Waals surface area (Å²) in [6.07, 6.45) is 6.19. The van der Waals surface area contributed by atoms with E-state index in [0.717, 1.165) is 18.4 Å². The second-order valence-corrected chi connectivity index (χ2v) is 7.00. The van der Waals surface area contributed by atoms with Gasteiger partial charge in [0, 0.05) is 12.1 Å². The predicted molar refractivity (Wildman–Crippen MR) is 104 cm³/mol. The van der Waals surface area contributed by atoms with Crippen molar-refractivity contribution in [2.24, 2.45) is 11.8 Å². The van der Waals surface area contributed by atoms with Crippen LogP contribution < -0.4 is 14.8 Å². The quantitative estimate of drug-likeness (QED) is 0.585. The van der Waals surface area contributed by atoms with Crippen LogP contribution >= 0.6 is 0 Å². The third kappa shape index (κ3) is 6.01. The van der Waals surface area contributed by atoms with Crippen LogP contribution in [0.25, 0.3) is 6.08 Å². The largest absolute Gasteiger partial charge is 0.493 e. The lowest BCUT2D eigenvalue weighted by Gasteiger charge is -2.34. The number of benzene rings is 1. The number of ether oxygens (including phenoxy) is 3. The molecule has 0 aliphatic heterocycles. The number of esters is 1. The summed E-state index contributed by atoms with van der Waals surface area (Å²) in [6.45, 7) is 4.10. The Bertz CT molecular complexity index is 685. The van der Waals surface area contributed by atoms with Crippen LogP contribution in [0.4, 0.5) is 0 Å². The smallest absolute Gasteiger partial charge is 0.331 e. The molecule has 6 heteroatoms. The molecule has 27 heavy (non-hydrogen) atoms. The van der Waals surface area contributed by atoms with Crippen LogP contribution in [0.5, 0.6) is 11.5 Å². The summed E-state index contributed by atoms with van der Waals surface area (Å²) in [5.41, 5.74) is 0.763. The maximum atomic E-state index is 12.1. The van der Waals surface area contributed by atoms with E-state index in [9.17, 15) is 9.59 Å². The zero-order valence-electron chi connectivity index (χ0n) is 16.5. The Balaban J connectivity index is 1.81. The molecule has 0 aromatic heterocycles. The molecule has 1 aromatic rings. The van der Waals surface area contributed by atoms with Gasteiger partial charge in [0.05, 0.1) is 14.2 Å². The summed E-state index contributed by atoms with van der Waals surface area (Å²) in [6, 6.07) is 5.45. The van der Waals surface area contributed by atoms with Gasteiger partial charge in [0.1, 0.15) is 0 Å². The van der Waals surface area contributed by atoms with Gasteiger partial charge in [-0.05, 0) is 42.0 Å². The van der Waals surface area contributed by atoms with Gasteiger partial charge in [-0.1, -0.05) is 32.8 Å². The molecule has 1 aliphatic rings. The first kappa shape index (κ1) is 20.8. The molecule has 1 fully saturated rings. The summed E-state index contributed by atoms with van der Waals surface area (Å²) in [4.78, 5) is 23.9. The van der Waals surface area contributed by atoms with Crippen molar-refractivity contribution in [3.63, 3.8) is 0 Å². The number of carbonyl (C=O) groups is 2. The van der Waals surface area contributed by atoms with Crippen molar-refractivity contribution < 1.29 is 23.8 Å². The number of hydrogen-bond donors (Lipinski definition) is 1. The minimum Gasteiger partial charge on any atom is -0.493 e. The molecule has 0 saturated heterocycles. The lowest BCUT2D eigenvalue weighted by atomic mass is 9.78. The molecule has 0 unspecified atom stereocenters. The Labute approximate surface area is 160 Å². The highest BCUT2D eigenvalue weighted by Crippen LogP contribution is 2.29. The Kier molecular flexibility index (Phi) is 7.70. The van der Waals surface area contributed by atoms with Crippen LogP contribution in [-0.4, -0.2) is 38.7 Å². The van der Waals surface area contributed by atoms with Crippen LogP contribution in [-0.2, 0) is 14.3 Å². The van der Waals surface area contributed by atoms with Gasteiger partial charge in [0.15, 0.2) is 18.1 Å². The molecule has 1 N–H and O–H groups in total. The number of rotatable bonds is 7. The first-order valence-corrected chi connectivity index (χ1v) is 9.30. The summed E-state index contributed by atoms with van der Waals surface area (Å²) >= 11 is 0. The number of nitrogens with one attached hydrogen (secondary N) is 1. The highest BCUT2D eigenvalue weighted by Gasteiger charge is 2.28. The molecule has 0 heterocycles. The zero-order valence-corrected chi connectivity index (χ0v) is 16.5. The van der Waals surface area contributed by atoms with Gasteiger partial charge in [-0.2, -0.15) is 0 Å². The van der Waals surface area contributed by atoms with E-state index in [2.05, 4.69) is 19.2 Å². The molecule has 148 valence electrons. The maximum absolute atomic E-state index is 12.1. The fourth-order valence-corrected chi connectivity index (χ4v) is 3.34. The standard InChI is InChI=1S/C21H29NO5/c1-14-6-5-7-17(15(14)2)22-20(23)13-27-21(24)11-9-16-8-10-18(25-3)19(12-16)26-4/h8-12,14-15,17H,5-7,13H2,1-4H3,(H,22,23)/b11-9+/t14-,15-,17-/m0/s1. The number of amides is 1. The fourth-order valence-electron chi connectivity index (χ4n) is 3.34. The van der Waals surface area contributed by atoms with Gasteiger partial charge in [0.25, 0.3) is 5.91 Å². The van der Waals surface area contributed by atoms with Crippen LogP contribution in [0.2, 0.25) is 0 Å². The second kappa shape index (κ2) is 10.00. The minimum absolute atomic E-state index is 0.155. The molecule has 0 radical (unpaired) electrons. The van der Waals surface area contributed by atoms with Crippen molar-refractivity contribution in [2.75, 3.05) is 20.8 Å². The average Bonchev–Trinajstić information content (AvgIpc) is 2.68. The first-order chi connectivity index (χ1) is 12.9. The molecule has 2 rings (SSSR count). The van der Waals surface area contributed by atoms with E-state index >= 15 is 0 Å². The van der Waals surface area contributed by atoms with Crippen molar-refractivity contribution >= 4 is 18.0 Å². The van der Waals surface area contributed by atoms with Crippen LogP contribution in [0.15, 0.2) is 24.3 Å². The maximum Gasteiger partial charge on any atom is 0.331 e. The summed E-state index contributed by atoms with van der Waals surface area (Å²) in [7, 11) is 3.11. The monoisotopic (exact) mass is 375 g/mol. The molecule has 0 bridgehead atoms. The predicted octanol–water partition coefficient (Wildman–Crippen LogP) is 3.20. The Morgan fingerprint density at radius 2 is 1.89 bits per heavy atom. The van der Waals surface area contributed by atoms with Gasteiger partial charge >= 0.3 is 5.97 Å². The minimum atomic E-state index is -0.565. The zero-order chi connectivity index (χ0) is 19.8. The van der Waals surface area contributed by atoms with Gasteiger partial charge in [-0.15, -0.1) is 0 Å². The molecule has 3 atom stereocenters. The first-order valence-electron chi connectivity index (χ1n) is 9.30. The average molecular weight is 375 g/mol. The van der Waals surface area contributed by atoms with E-state index in [0.29, 0.717) is 23.3 Å². The van der Waals surface area contributed by atoms with E-state index < -0.39 is 5.97 Å². The molecule has 0 spiro atoms. The number of carbonyl (C=O) groups excluding carboxylic acids is 2. The second-order valence-electron chi connectivity index (χ2n) is 7.00. The molecule has 1 amide bonds. The van der Waals surface area contributed by atoms with E-state index in [1.807, 2.05) is 0 Å². The fraction of sp³-hybridized carbons (Fsp3) is 0.524. The normalized spacial score (nSPS) is 22.3. The highest BCUT2D eigenvalue weighted by molar-refractivity contribution is 5.89. The topological polar surface area (TPSA) is 73.9 Å².